The van der Waals surface area contributed by atoms with Gasteiger partial charge in [0, 0.05) is 12.6 Å². The van der Waals surface area contributed by atoms with Crippen LogP contribution in [0.25, 0.3) is 0 Å². The van der Waals surface area contributed by atoms with Crippen LogP contribution in [0.4, 0.5) is 10.1 Å². The highest BCUT2D eigenvalue weighted by Gasteiger charge is 2.18. The number of hydrogen-bond acceptors (Lipinski definition) is 4. The van der Waals surface area contributed by atoms with E-state index in [2.05, 4.69) is 5.48 Å². The molecule has 5 nitrogen and oxygen atoms in total. The third kappa shape index (κ3) is 3.83. The van der Waals surface area contributed by atoms with Gasteiger partial charge < -0.3 is 4.84 Å². The summed E-state index contributed by atoms with van der Waals surface area (Å²) in [6.07, 6.45) is 1.87. The lowest BCUT2D eigenvalue weighted by Gasteiger charge is -2.08. The highest BCUT2D eigenvalue weighted by molar-refractivity contribution is 6.32. The van der Waals surface area contributed by atoms with Crippen molar-refractivity contribution in [3.8, 4) is 5.75 Å². The predicted octanol–water partition coefficient (Wildman–Crippen LogP) is 3.07. The van der Waals surface area contributed by atoms with Crippen molar-refractivity contribution < 1.29 is 14.2 Å². The molecule has 0 fully saturated rings. The van der Waals surface area contributed by atoms with Gasteiger partial charge in [-0.1, -0.05) is 24.9 Å². The monoisotopic (exact) mass is 262 g/mol. The Labute approximate surface area is 103 Å². The summed E-state index contributed by atoms with van der Waals surface area (Å²) in [6.45, 7) is 2.59. The molecule has 0 saturated carbocycles. The lowest BCUT2D eigenvalue weighted by molar-refractivity contribution is -0.387. The van der Waals surface area contributed by atoms with Crippen molar-refractivity contribution in [2.45, 2.75) is 19.8 Å². The van der Waals surface area contributed by atoms with Crippen molar-refractivity contribution in [3.63, 3.8) is 0 Å². The minimum absolute atomic E-state index is 0.0166. The molecule has 7 heteroatoms. The summed E-state index contributed by atoms with van der Waals surface area (Å²) in [6, 6.07) is 1.81. The van der Waals surface area contributed by atoms with Gasteiger partial charge in [-0.3, -0.25) is 10.1 Å². The number of hydrogen-bond donors (Lipinski definition) is 1. The lowest BCUT2D eigenvalue weighted by atomic mass is 10.3. The number of benzene rings is 1. The van der Waals surface area contributed by atoms with Crippen molar-refractivity contribution in [1.29, 1.82) is 0 Å². The van der Waals surface area contributed by atoms with E-state index in [1.54, 1.807) is 0 Å². The second kappa shape index (κ2) is 6.36. The summed E-state index contributed by atoms with van der Waals surface area (Å²) in [5, 5.41) is 10.5. The summed E-state index contributed by atoms with van der Waals surface area (Å²) in [7, 11) is 0. The molecule has 0 saturated heterocycles. The van der Waals surface area contributed by atoms with Crippen molar-refractivity contribution >= 4 is 17.3 Å². The molecule has 0 spiro atoms. The van der Waals surface area contributed by atoms with Crippen LogP contribution in [-0.2, 0) is 0 Å². The van der Waals surface area contributed by atoms with Crippen molar-refractivity contribution in [2.24, 2.45) is 0 Å². The molecule has 0 unspecified atom stereocenters. The van der Waals surface area contributed by atoms with Crippen LogP contribution >= 0.6 is 11.6 Å². The topological polar surface area (TPSA) is 64.4 Å². The Balaban J connectivity index is 2.77. The average Bonchev–Trinajstić information content (AvgIpc) is 2.26. The molecule has 1 N–H and O–H groups in total. The first-order chi connectivity index (χ1) is 8.06. The summed E-state index contributed by atoms with van der Waals surface area (Å²) in [4.78, 5) is 14.7. The Morgan fingerprint density at radius 1 is 1.59 bits per heavy atom. The molecule has 0 aliphatic heterocycles. The molecule has 1 aromatic carbocycles. The Bertz CT molecular complexity index is 415. The molecular weight excluding hydrogens is 251 g/mol. The van der Waals surface area contributed by atoms with Crippen LogP contribution in [0.15, 0.2) is 12.1 Å². The second-order valence-electron chi connectivity index (χ2n) is 3.34. The predicted molar refractivity (Wildman–Crippen MR) is 61.6 cm³/mol. The highest BCUT2D eigenvalue weighted by Crippen LogP contribution is 2.31. The Hall–Kier alpha value is -1.40. The van der Waals surface area contributed by atoms with E-state index in [1.165, 1.54) is 0 Å². The van der Waals surface area contributed by atoms with Gasteiger partial charge >= 0.3 is 5.69 Å². The maximum Gasteiger partial charge on any atom is 0.308 e. The molecule has 94 valence electrons. The summed E-state index contributed by atoms with van der Waals surface area (Å²) >= 11 is 5.69. The van der Waals surface area contributed by atoms with Gasteiger partial charge in [0.1, 0.15) is 0 Å². The molecule has 1 rings (SSSR count). The third-order valence-corrected chi connectivity index (χ3v) is 2.31. The average molecular weight is 263 g/mol. The van der Waals surface area contributed by atoms with Crippen molar-refractivity contribution in [1.82, 2.24) is 5.48 Å². The number of nitro groups is 1. The number of hydroxylamine groups is 1. The Kier molecular flexibility index (Phi) is 5.11. The van der Waals surface area contributed by atoms with Crippen LogP contribution in [0.3, 0.4) is 0 Å². The van der Waals surface area contributed by atoms with E-state index in [4.69, 9.17) is 16.4 Å². The number of unbranched alkanes of at least 4 members (excludes halogenated alkanes) is 1. The standard InChI is InChI=1S/C10H12ClFN2O3/c1-2-3-4-13-17-10-6-9(14(15)16)8(12)5-7(10)11/h5-6,13H,2-4H2,1H3. The second-order valence-corrected chi connectivity index (χ2v) is 3.75. The van der Waals surface area contributed by atoms with Crippen LogP contribution < -0.4 is 10.3 Å². The molecule has 0 amide bonds. The van der Waals surface area contributed by atoms with Gasteiger partial charge in [-0.25, -0.2) is 0 Å². The first-order valence-electron chi connectivity index (χ1n) is 5.09. The van der Waals surface area contributed by atoms with Gasteiger partial charge in [0.2, 0.25) is 5.82 Å². The van der Waals surface area contributed by atoms with Crippen LogP contribution in [0.5, 0.6) is 5.75 Å². The van der Waals surface area contributed by atoms with Gasteiger partial charge in [0.05, 0.1) is 16.0 Å². The molecule has 0 bridgehead atoms. The summed E-state index contributed by atoms with van der Waals surface area (Å²) < 4.78 is 13.1. The zero-order valence-electron chi connectivity index (χ0n) is 9.20. The van der Waals surface area contributed by atoms with E-state index in [-0.39, 0.29) is 10.8 Å². The first kappa shape index (κ1) is 13.7. The zero-order chi connectivity index (χ0) is 12.8. The fraction of sp³-hybridized carbons (Fsp3) is 0.400. The number of nitro benzene ring substituents is 1. The van der Waals surface area contributed by atoms with E-state index < -0.39 is 16.4 Å². The molecule has 0 heterocycles. The number of nitrogens with one attached hydrogen (secondary N) is 1. The normalized spacial score (nSPS) is 10.3. The number of rotatable bonds is 6. The Morgan fingerprint density at radius 2 is 2.29 bits per heavy atom. The molecule has 0 atom stereocenters. The van der Waals surface area contributed by atoms with Crippen LogP contribution in [0.2, 0.25) is 5.02 Å². The fourth-order valence-electron chi connectivity index (χ4n) is 1.11. The van der Waals surface area contributed by atoms with Gasteiger partial charge in [0.15, 0.2) is 5.75 Å². The molecule has 0 aromatic heterocycles. The number of halogens is 2. The van der Waals surface area contributed by atoms with E-state index in [1.807, 2.05) is 6.92 Å². The van der Waals surface area contributed by atoms with Gasteiger partial charge in [-0.2, -0.15) is 9.87 Å². The summed E-state index contributed by atoms with van der Waals surface area (Å²) in [5.41, 5.74) is 1.93. The van der Waals surface area contributed by atoms with Crippen molar-refractivity contribution in [3.05, 3.63) is 33.1 Å². The van der Waals surface area contributed by atoms with E-state index in [0.29, 0.717) is 6.54 Å². The van der Waals surface area contributed by atoms with Crippen LogP contribution in [0.1, 0.15) is 19.8 Å². The fourth-order valence-corrected chi connectivity index (χ4v) is 1.30. The molecule has 0 radical (unpaired) electrons. The van der Waals surface area contributed by atoms with Gasteiger partial charge in [0.25, 0.3) is 0 Å². The maximum atomic E-state index is 13.1. The van der Waals surface area contributed by atoms with E-state index >= 15 is 0 Å². The van der Waals surface area contributed by atoms with E-state index in [0.717, 1.165) is 25.0 Å². The molecular formula is C10H12ClFN2O3. The largest absolute Gasteiger partial charge is 0.407 e. The third-order valence-electron chi connectivity index (χ3n) is 2.01. The molecule has 17 heavy (non-hydrogen) atoms. The quantitative estimate of drug-likeness (QED) is 0.486. The van der Waals surface area contributed by atoms with E-state index in [9.17, 15) is 14.5 Å². The van der Waals surface area contributed by atoms with Crippen LogP contribution in [0, 0.1) is 15.9 Å². The Morgan fingerprint density at radius 3 is 2.88 bits per heavy atom. The summed E-state index contributed by atoms with van der Waals surface area (Å²) in [5.74, 6) is -0.947. The number of nitrogens with zero attached hydrogens (tertiary/aromatic N) is 1. The minimum atomic E-state index is -0.985. The minimum Gasteiger partial charge on any atom is -0.407 e. The highest BCUT2D eigenvalue weighted by atomic mass is 35.5. The molecule has 0 aliphatic carbocycles. The first-order valence-corrected chi connectivity index (χ1v) is 5.47. The molecule has 0 aliphatic rings. The maximum absolute atomic E-state index is 13.1. The molecule has 1 aromatic rings. The zero-order valence-corrected chi connectivity index (χ0v) is 9.96. The van der Waals surface area contributed by atoms with Crippen LogP contribution in [-0.4, -0.2) is 11.5 Å². The van der Waals surface area contributed by atoms with Gasteiger partial charge in [-0.05, 0) is 6.42 Å². The van der Waals surface area contributed by atoms with Crippen molar-refractivity contribution in [2.75, 3.05) is 6.54 Å². The lowest BCUT2D eigenvalue weighted by Crippen LogP contribution is -2.19. The van der Waals surface area contributed by atoms with Gasteiger partial charge in [-0.15, -0.1) is 0 Å². The smallest absolute Gasteiger partial charge is 0.308 e. The SMILES string of the molecule is CCCCNOc1cc([N+](=O)[O-])c(F)cc1Cl.